The molecule has 0 spiro atoms. The molecule has 1 aliphatic heterocycles. The molecule has 0 bridgehead atoms. The smallest absolute Gasteiger partial charge is 0.314 e. The Bertz CT molecular complexity index is 2070. The number of pyridine rings is 1. The summed E-state index contributed by atoms with van der Waals surface area (Å²) in [6.45, 7) is 4.33. The summed E-state index contributed by atoms with van der Waals surface area (Å²) >= 11 is 0. The Morgan fingerprint density at radius 3 is 2.45 bits per heavy atom. The van der Waals surface area contributed by atoms with Crippen LogP contribution in [0.5, 0.6) is 23.0 Å². The van der Waals surface area contributed by atoms with Gasteiger partial charge in [-0.05, 0) is 47.9 Å². The summed E-state index contributed by atoms with van der Waals surface area (Å²) in [6.07, 6.45) is 4.23. The van der Waals surface area contributed by atoms with Crippen LogP contribution >= 0.6 is 0 Å². The number of aryl methyl sites for hydroxylation is 1. The normalized spacial score (nSPS) is 11.9. The topological polar surface area (TPSA) is 185 Å². The van der Waals surface area contributed by atoms with Crippen LogP contribution in [-0.2, 0) is 29.6 Å². The predicted octanol–water partition coefficient (Wildman–Crippen LogP) is 4.16. The van der Waals surface area contributed by atoms with Gasteiger partial charge in [-0.15, -0.1) is 0 Å². The number of carbonyl (C=O) groups excluding carboxylic acids is 1. The van der Waals surface area contributed by atoms with Crippen molar-refractivity contribution < 1.29 is 32.2 Å². The van der Waals surface area contributed by atoms with Crippen molar-refractivity contribution in [2.24, 2.45) is 0 Å². The standard InChI is InChI=1S/C37H38N6O7S/c1-25-14-30(22-40-8-9-42-37(44)43-10-13-51(2,45)46)35(49-23-27-15-26(18-38)20-41-21-27)17-34(25)50-24-29-4-3-5-31(32(29)19-39)28-6-7-33-36(16-28)48-12-11-47-33/h3-7,14-17,20-21,40H,8-13,22-24H2,1-2H3,(H2,42,43,44). The second-order valence-electron chi connectivity index (χ2n) is 11.8. The Kier molecular flexibility index (Phi) is 12.3. The summed E-state index contributed by atoms with van der Waals surface area (Å²) in [5.74, 6) is 2.29. The van der Waals surface area contributed by atoms with E-state index in [0.717, 1.165) is 34.1 Å². The van der Waals surface area contributed by atoms with E-state index >= 15 is 0 Å². The molecule has 2 heterocycles. The molecule has 0 saturated heterocycles. The van der Waals surface area contributed by atoms with Gasteiger partial charge in [0.15, 0.2) is 11.5 Å². The van der Waals surface area contributed by atoms with Crippen LogP contribution in [0.3, 0.4) is 0 Å². The number of nitriles is 2. The number of rotatable bonds is 15. The Balaban J connectivity index is 1.28. The molecule has 5 rings (SSSR count). The van der Waals surface area contributed by atoms with E-state index in [0.29, 0.717) is 72.5 Å². The molecule has 0 saturated carbocycles. The minimum atomic E-state index is -3.17. The van der Waals surface area contributed by atoms with Crippen LogP contribution in [0, 0.1) is 29.6 Å². The highest BCUT2D eigenvalue weighted by atomic mass is 32.2. The third-order valence-electron chi connectivity index (χ3n) is 7.84. The maximum Gasteiger partial charge on any atom is 0.314 e. The fourth-order valence-corrected chi connectivity index (χ4v) is 5.78. The molecule has 0 fully saturated rings. The van der Waals surface area contributed by atoms with Gasteiger partial charge in [-0.2, -0.15) is 10.5 Å². The van der Waals surface area contributed by atoms with Gasteiger partial charge in [0.05, 0.1) is 16.9 Å². The molecule has 3 aromatic carbocycles. The number of ether oxygens (including phenoxy) is 4. The number of nitrogens with zero attached hydrogens (tertiary/aromatic N) is 3. The van der Waals surface area contributed by atoms with Gasteiger partial charge in [-0.1, -0.05) is 24.3 Å². The van der Waals surface area contributed by atoms with E-state index < -0.39 is 15.9 Å². The quantitative estimate of drug-likeness (QED) is 0.151. The van der Waals surface area contributed by atoms with Crippen molar-refractivity contribution in [2.75, 3.05) is 44.9 Å². The number of carbonyl (C=O) groups is 1. The lowest BCUT2D eigenvalue weighted by atomic mass is 9.96. The molecular weight excluding hydrogens is 673 g/mol. The van der Waals surface area contributed by atoms with E-state index in [-0.39, 0.29) is 25.5 Å². The van der Waals surface area contributed by atoms with Crippen LogP contribution in [0.25, 0.3) is 11.1 Å². The Morgan fingerprint density at radius 1 is 0.882 bits per heavy atom. The number of urea groups is 1. The first-order valence-electron chi connectivity index (χ1n) is 16.2. The third-order valence-corrected chi connectivity index (χ3v) is 8.78. The lowest BCUT2D eigenvalue weighted by Gasteiger charge is -2.19. The van der Waals surface area contributed by atoms with Gasteiger partial charge in [0.2, 0.25) is 0 Å². The average molecular weight is 711 g/mol. The largest absolute Gasteiger partial charge is 0.488 e. The van der Waals surface area contributed by atoms with Crippen molar-refractivity contribution in [1.82, 2.24) is 20.9 Å². The number of hydrogen-bond acceptors (Lipinski definition) is 11. The number of amides is 2. The summed E-state index contributed by atoms with van der Waals surface area (Å²) in [5.41, 5.74) is 5.61. The van der Waals surface area contributed by atoms with Gasteiger partial charge >= 0.3 is 6.03 Å². The molecule has 0 aliphatic carbocycles. The maximum atomic E-state index is 12.0. The Morgan fingerprint density at radius 2 is 1.67 bits per heavy atom. The number of nitrogens with one attached hydrogen (secondary N) is 3. The monoisotopic (exact) mass is 710 g/mol. The molecule has 0 atom stereocenters. The minimum Gasteiger partial charge on any atom is -0.488 e. The van der Waals surface area contributed by atoms with Crippen molar-refractivity contribution in [2.45, 2.75) is 26.7 Å². The third kappa shape index (κ3) is 10.3. The SMILES string of the molecule is Cc1cc(CNCCNC(=O)NCCS(C)(=O)=O)c(OCc2cncc(C#N)c2)cc1OCc1cccc(-c2ccc3c(c2)OCCO3)c1C#N. The second kappa shape index (κ2) is 17.2. The predicted molar refractivity (Wildman–Crippen MR) is 189 cm³/mol. The van der Waals surface area contributed by atoms with E-state index in [1.807, 2.05) is 49.4 Å². The van der Waals surface area contributed by atoms with Crippen LogP contribution in [0.1, 0.15) is 33.4 Å². The fraction of sp³-hybridized carbons (Fsp3) is 0.297. The van der Waals surface area contributed by atoms with E-state index in [1.54, 1.807) is 18.3 Å². The molecule has 1 aliphatic rings. The van der Waals surface area contributed by atoms with E-state index in [2.05, 4.69) is 33.1 Å². The molecule has 264 valence electrons. The molecule has 51 heavy (non-hydrogen) atoms. The summed E-state index contributed by atoms with van der Waals surface area (Å²) in [5, 5.41) is 28.0. The van der Waals surface area contributed by atoms with E-state index in [9.17, 15) is 23.7 Å². The first-order valence-corrected chi connectivity index (χ1v) is 18.2. The van der Waals surface area contributed by atoms with Crippen molar-refractivity contribution in [3.8, 4) is 46.3 Å². The van der Waals surface area contributed by atoms with Crippen molar-refractivity contribution in [3.63, 3.8) is 0 Å². The molecule has 4 aromatic rings. The fourth-order valence-electron chi connectivity index (χ4n) is 5.31. The lowest BCUT2D eigenvalue weighted by molar-refractivity contribution is 0.171. The van der Waals surface area contributed by atoms with Crippen LogP contribution in [0.4, 0.5) is 4.79 Å². The lowest BCUT2D eigenvalue weighted by Crippen LogP contribution is -2.40. The zero-order chi connectivity index (χ0) is 36.2. The molecule has 0 radical (unpaired) electrons. The second-order valence-corrected chi connectivity index (χ2v) is 14.1. The summed E-state index contributed by atoms with van der Waals surface area (Å²) < 4.78 is 46.5. The maximum absolute atomic E-state index is 12.0. The Labute approximate surface area is 297 Å². The number of hydrogen-bond donors (Lipinski definition) is 3. The van der Waals surface area contributed by atoms with Crippen LogP contribution in [-0.4, -0.2) is 64.3 Å². The molecule has 13 nitrogen and oxygen atoms in total. The minimum absolute atomic E-state index is 0.0302. The summed E-state index contributed by atoms with van der Waals surface area (Å²) in [4.78, 5) is 16.1. The number of benzene rings is 3. The first kappa shape index (κ1) is 36.5. The molecule has 1 aromatic heterocycles. The van der Waals surface area contributed by atoms with Gasteiger partial charge in [0.25, 0.3) is 0 Å². The van der Waals surface area contributed by atoms with Crippen LogP contribution in [0.2, 0.25) is 0 Å². The number of aromatic nitrogens is 1. The highest BCUT2D eigenvalue weighted by molar-refractivity contribution is 7.90. The highest BCUT2D eigenvalue weighted by Crippen LogP contribution is 2.37. The molecule has 14 heteroatoms. The van der Waals surface area contributed by atoms with E-state index in [1.165, 1.54) is 6.20 Å². The Hall–Kier alpha value is -5.83. The van der Waals surface area contributed by atoms with Crippen LogP contribution in [0.15, 0.2) is 67.0 Å². The van der Waals surface area contributed by atoms with Crippen LogP contribution < -0.4 is 34.9 Å². The molecule has 2 amide bonds. The summed E-state index contributed by atoms with van der Waals surface area (Å²) in [6, 6.07) is 20.7. The zero-order valence-corrected chi connectivity index (χ0v) is 29.1. The molecule has 0 unspecified atom stereocenters. The first-order chi connectivity index (χ1) is 24.6. The van der Waals surface area contributed by atoms with Gasteiger partial charge in [0.1, 0.15) is 59.9 Å². The molecular formula is C37H38N6O7S. The van der Waals surface area contributed by atoms with Gasteiger partial charge < -0.3 is 34.9 Å². The number of sulfone groups is 1. The highest BCUT2D eigenvalue weighted by Gasteiger charge is 2.17. The number of fused-ring (bicyclic) bond motifs is 1. The zero-order valence-electron chi connectivity index (χ0n) is 28.3. The van der Waals surface area contributed by atoms with Crippen molar-refractivity contribution >= 4 is 15.9 Å². The van der Waals surface area contributed by atoms with Crippen molar-refractivity contribution in [1.29, 1.82) is 10.5 Å². The van der Waals surface area contributed by atoms with Gasteiger partial charge in [-0.3, -0.25) is 4.98 Å². The molecule has 3 N–H and O–H groups in total. The van der Waals surface area contributed by atoms with Gasteiger partial charge in [-0.25, -0.2) is 13.2 Å². The average Bonchev–Trinajstić information content (AvgIpc) is 3.13. The summed E-state index contributed by atoms with van der Waals surface area (Å²) in [7, 11) is -3.17. The van der Waals surface area contributed by atoms with E-state index in [4.69, 9.17) is 18.9 Å². The van der Waals surface area contributed by atoms with Crippen molar-refractivity contribution in [3.05, 3.63) is 100 Å². The van der Waals surface area contributed by atoms with Gasteiger partial charge in [0, 0.05) is 67.6 Å².